The molecule has 4 aromatic rings. The standard InChI is InChI=1S/C27H29ClN6O4S/c1-17-22(34(20-7-5-4-6-8-20)32-24(17)19-13-30-27(37-3)31-14-19)12-21(35)11-18-16-33(9-10-36-2)38-25(18)23-15-29-26(28)39-23/h4-8,13-15,18,25H,9-12,16H2,1-3H3/t18-,25-/m1/s1. The Morgan fingerprint density at radius 2 is 1.92 bits per heavy atom. The number of halogens is 1. The van der Waals surface area contributed by atoms with E-state index < -0.39 is 0 Å². The normalized spacial score (nSPS) is 17.5. The second kappa shape index (κ2) is 12.3. The van der Waals surface area contributed by atoms with Gasteiger partial charge in [-0.25, -0.2) is 19.6 Å². The van der Waals surface area contributed by atoms with E-state index in [0.29, 0.717) is 30.6 Å². The molecule has 0 amide bonds. The van der Waals surface area contributed by atoms with E-state index in [2.05, 4.69) is 15.0 Å². The lowest BCUT2D eigenvalue weighted by atomic mass is 9.93. The lowest BCUT2D eigenvalue weighted by molar-refractivity contribution is -0.154. The van der Waals surface area contributed by atoms with Crippen LogP contribution in [0.15, 0.2) is 48.9 Å². The number of nitrogens with zero attached hydrogens (tertiary/aromatic N) is 6. The van der Waals surface area contributed by atoms with Gasteiger partial charge in [-0.15, -0.1) is 11.3 Å². The van der Waals surface area contributed by atoms with E-state index in [1.807, 2.05) is 47.0 Å². The van der Waals surface area contributed by atoms with Crippen LogP contribution in [0.5, 0.6) is 6.01 Å². The number of para-hydroxylation sites is 1. The number of ether oxygens (including phenoxy) is 2. The van der Waals surface area contributed by atoms with Crippen molar-refractivity contribution in [3.05, 3.63) is 69.5 Å². The summed E-state index contributed by atoms with van der Waals surface area (Å²) in [6.45, 7) is 3.73. The maximum absolute atomic E-state index is 13.6. The summed E-state index contributed by atoms with van der Waals surface area (Å²) < 4.78 is 12.6. The van der Waals surface area contributed by atoms with Gasteiger partial charge in [-0.1, -0.05) is 29.8 Å². The number of hydrogen-bond donors (Lipinski definition) is 0. The van der Waals surface area contributed by atoms with Gasteiger partial charge in [0.1, 0.15) is 11.9 Å². The molecule has 3 aromatic heterocycles. The minimum Gasteiger partial charge on any atom is -0.467 e. The van der Waals surface area contributed by atoms with Crippen LogP contribution >= 0.6 is 22.9 Å². The van der Waals surface area contributed by atoms with Gasteiger partial charge in [0.05, 0.1) is 35.7 Å². The Bertz CT molecular complexity index is 1410. The van der Waals surface area contributed by atoms with E-state index >= 15 is 0 Å². The average molecular weight is 569 g/mol. The van der Waals surface area contributed by atoms with Crippen molar-refractivity contribution in [3.8, 4) is 23.0 Å². The summed E-state index contributed by atoms with van der Waals surface area (Å²) >= 11 is 7.48. The van der Waals surface area contributed by atoms with Crippen molar-refractivity contribution in [1.29, 1.82) is 0 Å². The van der Waals surface area contributed by atoms with Crippen LogP contribution in [0, 0.1) is 12.8 Å². The molecule has 4 heterocycles. The molecule has 1 fully saturated rings. The van der Waals surface area contributed by atoms with Crippen LogP contribution < -0.4 is 4.74 Å². The van der Waals surface area contributed by atoms with Crippen molar-refractivity contribution in [1.82, 2.24) is 29.8 Å². The SMILES string of the molecule is COCCN1C[C@@H](CC(=O)Cc2c(C)c(-c3cnc(OC)nc3)nn2-c2ccccc2)[C@H](c2cnc(Cl)s2)O1. The third-order valence-corrected chi connectivity index (χ3v) is 7.81. The molecule has 10 nitrogen and oxygen atoms in total. The van der Waals surface area contributed by atoms with Crippen LogP contribution in [-0.4, -0.2) is 69.5 Å². The monoisotopic (exact) mass is 568 g/mol. The number of aromatic nitrogens is 5. The van der Waals surface area contributed by atoms with Crippen LogP contribution in [-0.2, 0) is 20.8 Å². The van der Waals surface area contributed by atoms with Crippen molar-refractivity contribution < 1.29 is 19.1 Å². The average Bonchev–Trinajstić information content (AvgIpc) is 3.65. The Kier molecular flexibility index (Phi) is 8.63. The fourth-order valence-corrected chi connectivity index (χ4v) is 5.80. The molecule has 5 rings (SSSR count). The van der Waals surface area contributed by atoms with Gasteiger partial charge < -0.3 is 9.47 Å². The van der Waals surface area contributed by atoms with Crippen molar-refractivity contribution in [2.45, 2.75) is 25.9 Å². The highest BCUT2D eigenvalue weighted by molar-refractivity contribution is 7.15. The third-order valence-electron chi connectivity index (χ3n) is 6.63. The largest absolute Gasteiger partial charge is 0.467 e. The Morgan fingerprint density at radius 3 is 2.59 bits per heavy atom. The molecule has 0 bridgehead atoms. The smallest absolute Gasteiger partial charge is 0.316 e. The third kappa shape index (κ3) is 6.18. The molecule has 0 spiro atoms. The van der Waals surface area contributed by atoms with Gasteiger partial charge in [-0.3, -0.25) is 9.63 Å². The molecular formula is C27H29ClN6O4S. The first kappa shape index (κ1) is 27.4. The molecule has 2 atom stereocenters. The molecule has 204 valence electrons. The van der Waals surface area contributed by atoms with E-state index in [4.69, 9.17) is 31.0 Å². The van der Waals surface area contributed by atoms with Crippen LogP contribution in [0.3, 0.4) is 0 Å². The summed E-state index contributed by atoms with van der Waals surface area (Å²) in [5, 5.41) is 6.74. The fourth-order valence-electron chi connectivity index (χ4n) is 4.73. The number of methoxy groups -OCH3 is 2. The fraction of sp³-hybridized carbons (Fsp3) is 0.370. The zero-order chi connectivity index (χ0) is 27.4. The van der Waals surface area contributed by atoms with E-state index in [1.54, 1.807) is 25.7 Å². The summed E-state index contributed by atoms with van der Waals surface area (Å²) in [5.74, 6) is 0.0456. The van der Waals surface area contributed by atoms with Gasteiger partial charge in [-0.05, 0) is 24.6 Å². The molecule has 1 aliphatic rings. The van der Waals surface area contributed by atoms with Gasteiger partial charge >= 0.3 is 6.01 Å². The lowest BCUT2D eigenvalue weighted by Gasteiger charge is -2.15. The molecule has 0 unspecified atom stereocenters. The van der Waals surface area contributed by atoms with E-state index in [0.717, 1.165) is 33.1 Å². The molecule has 0 aliphatic carbocycles. The molecule has 1 aliphatic heterocycles. The first-order valence-corrected chi connectivity index (χ1v) is 13.7. The number of carbonyl (C=O) groups excluding carboxylic acids is 1. The highest BCUT2D eigenvalue weighted by Crippen LogP contribution is 2.40. The van der Waals surface area contributed by atoms with E-state index in [1.165, 1.54) is 18.4 Å². The maximum Gasteiger partial charge on any atom is 0.316 e. The second-order valence-corrected chi connectivity index (χ2v) is 10.9. The summed E-state index contributed by atoms with van der Waals surface area (Å²) in [5.41, 5.74) is 4.06. The molecule has 1 saturated heterocycles. The minimum absolute atomic E-state index is 0.0475. The minimum atomic E-state index is -0.289. The van der Waals surface area contributed by atoms with Crippen LogP contribution in [0.25, 0.3) is 16.9 Å². The summed E-state index contributed by atoms with van der Waals surface area (Å²) in [6, 6.07) is 10.1. The highest BCUT2D eigenvalue weighted by Gasteiger charge is 2.38. The lowest BCUT2D eigenvalue weighted by Crippen LogP contribution is -2.24. The number of carbonyl (C=O) groups is 1. The predicted octanol–water partition coefficient (Wildman–Crippen LogP) is 4.51. The highest BCUT2D eigenvalue weighted by atomic mass is 35.5. The van der Waals surface area contributed by atoms with Gasteiger partial charge in [0.15, 0.2) is 4.47 Å². The molecule has 0 radical (unpaired) electrons. The maximum atomic E-state index is 13.6. The number of rotatable bonds is 11. The van der Waals surface area contributed by atoms with Crippen molar-refractivity contribution >= 4 is 28.7 Å². The predicted molar refractivity (Wildman–Crippen MR) is 147 cm³/mol. The summed E-state index contributed by atoms with van der Waals surface area (Å²) in [6.07, 6.45) is 5.35. The summed E-state index contributed by atoms with van der Waals surface area (Å²) in [4.78, 5) is 33.4. The molecule has 0 saturated carbocycles. The van der Waals surface area contributed by atoms with Gasteiger partial charge in [-0.2, -0.15) is 10.2 Å². The van der Waals surface area contributed by atoms with Gasteiger partial charge in [0.25, 0.3) is 0 Å². The zero-order valence-corrected chi connectivity index (χ0v) is 23.5. The number of Topliss-reactive ketones (excluding diaryl/α,β-unsaturated/α-hetero) is 1. The van der Waals surface area contributed by atoms with Crippen molar-refractivity contribution in [2.24, 2.45) is 5.92 Å². The molecule has 1 aromatic carbocycles. The number of benzene rings is 1. The van der Waals surface area contributed by atoms with Crippen molar-refractivity contribution in [2.75, 3.05) is 33.9 Å². The molecular weight excluding hydrogens is 540 g/mol. The Morgan fingerprint density at radius 1 is 1.15 bits per heavy atom. The molecule has 39 heavy (non-hydrogen) atoms. The first-order chi connectivity index (χ1) is 19.0. The topological polar surface area (TPSA) is 104 Å². The Labute approximate surface area is 235 Å². The van der Waals surface area contributed by atoms with Crippen LogP contribution in [0.1, 0.15) is 28.7 Å². The number of hydrogen-bond acceptors (Lipinski definition) is 10. The Balaban J connectivity index is 1.41. The van der Waals surface area contributed by atoms with Crippen LogP contribution in [0.4, 0.5) is 0 Å². The quantitative estimate of drug-likeness (QED) is 0.258. The number of hydroxylamine groups is 2. The number of ketones is 1. The van der Waals surface area contributed by atoms with Gasteiger partial charge in [0.2, 0.25) is 0 Å². The van der Waals surface area contributed by atoms with Crippen LogP contribution in [0.2, 0.25) is 4.47 Å². The van der Waals surface area contributed by atoms with Crippen molar-refractivity contribution in [3.63, 3.8) is 0 Å². The second-order valence-electron chi connectivity index (χ2n) is 9.23. The number of thiazole rings is 1. The Hall–Kier alpha value is -3.22. The zero-order valence-electron chi connectivity index (χ0n) is 21.9. The van der Waals surface area contributed by atoms with E-state index in [9.17, 15) is 4.79 Å². The summed E-state index contributed by atoms with van der Waals surface area (Å²) in [7, 11) is 3.18. The molecule has 12 heteroatoms. The molecule has 0 N–H and O–H groups in total. The first-order valence-electron chi connectivity index (χ1n) is 12.5. The van der Waals surface area contributed by atoms with E-state index in [-0.39, 0.29) is 30.2 Å². The van der Waals surface area contributed by atoms with Gasteiger partial charge in [0, 0.05) is 63.1 Å².